The van der Waals surface area contributed by atoms with Gasteiger partial charge >= 0.3 is 5.97 Å². The summed E-state index contributed by atoms with van der Waals surface area (Å²) in [5.74, 6) is -1.70. The molecule has 30 heavy (non-hydrogen) atoms. The fourth-order valence-corrected chi connectivity index (χ4v) is 3.65. The Hall–Kier alpha value is -3.02. The van der Waals surface area contributed by atoms with Crippen molar-refractivity contribution in [1.29, 1.82) is 0 Å². The van der Waals surface area contributed by atoms with E-state index in [1.54, 1.807) is 18.2 Å². The molecule has 0 aromatic heterocycles. The third-order valence-electron chi connectivity index (χ3n) is 3.92. The van der Waals surface area contributed by atoms with Crippen LogP contribution >= 0.6 is 11.6 Å². The van der Waals surface area contributed by atoms with Crippen LogP contribution in [0.25, 0.3) is 0 Å². The second kappa shape index (κ2) is 9.65. The van der Waals surface area contributed by atoms with Crippen molar-refractivity contribution in [3.05, 3.63) is 68.7 Å². The highest BCUT2D eigenvalue weighted by atomic mass is 35.5. The number of amides is 1. The third-order valence-corrected chi connectivity index (χ3v) is 6.17. The van der Waals surface area contributed by atoms with E-state index < -0.39 is 33.4 Å². The number of non-ortho nitro benzene ring substituents is 1. The van der Waals surface area contributed by atoms with Gasteiger partial charge in [-0.05, 0) is 17.7 Å². The smallest absolute Gasteiger partial charge is 0.340 e. The zero-order chi connectivity index (χ0) is 22.5. The van der Waals surface area contributed by atoms with Gasteiger partial charge in [-0.3, -0.25) is 14.9 Å². The Morgan fingerprint density at radius 2 is 1.87 bits per heavy atom. The first-order chi connectivity index (χ1) is 14.0. The lowest BCUT2D eigenvalue weighted by Crippen LogP contribution is -2.30. The minimum Gasteiger partial charge on any atom is -0.452 e. The van der Waals surface area contributed by atoms with Crippen molar-refractivity contribution in [2.45, 2.75) is 11.4 Å². The van der Waals surface area contributed by atoms with Crippen LogP contribution in [0.2, 0.25) is 5.02 Å². The molecule has 12 heteroatoms. The van der Waals surface area contributed by atoms with Crippen LogP contribution in [0.1, 0.15) is 15.9 Å². The summed E-state index contributed by atoms with van der Waals surface area (Å²) >= 11 is 5.85. The van der Waals surface area contributed by atoms with Gasteiger partial charge in [-0.15, -0.1) is 0 Å². The number of nitrogens with zero attached hydrogens (tertiary/aromatic N) is 2. The molecular weight excluding hydrogens is 438 g/mol. The van der Waals surface area contributed by atoms with E-state index in [-0.39, 0.29) is 27.7 Å². The minimum absolute atomic E-state index is 0.0377. The van der Waals surface area contributed by atoms with E-state index in [0.717, 1.165) is 16.4 Å². The second-order valence-corrected chi connectivity index (χ2v) is 8.70. The molecule has 160 valence electrons. The average molecular weight is 456 g/mol. The molecule has 0 unspecified atom stereocenters. The van der Waals surface area contributed by atoms with Crippen molar-refractivity contribution in [3.63, 3.8) is 0 Å². The minimum atomic E-state index is -3.71. The molecule has 10 nitrogen and oxygen atoms in total. The van der Waals surface area contributed by atoms with E-state index in [2.05, 4.69) is 5.32 Å². The normalized spacial score (nSPS) is 11.2. The van der Waals surface area contributed by atoms with Crippen molar-refractivity contribution in [2.24, 2.45) is 0 Å². The quantitative estimate of drug-likeness (QED) is 0.365. The lowest BCUT2D eigenvalue weighted by Gasteiger charge is -2.15. The summed E-state index contributed by atoms with van der Waals surface area (Å²) in [4.78, 5) is 34.3. The molecule has 0 radical (unpaired) electrons. The van der Waals surface area contributed by atoms with Crippen LogP contribution < -0.4 is 5.32 Å². The lowest BCUT2D eigenvalue weighted by atomic mass is 10.2. The molecular formula is C18H18ClN3O7S. The Morgan fingerprint density at radius 1 is 1.20 bits per heavy atom. The van der Waals surface area contributed by atoms with Crippen molar-refractivity contribution in [1.82, 2.24) is 9.62 Å². The highest BCUT2D eigenvalue weighted by Crippen LogP contribution is 2.23. The van der Waals surface area contributed by atoms with Crippen LogP contribution in [-0.4, -0.2) is 50.2 Å². The molecule has 2 aromatic rings. The largest absolute Gasteiger partial charge is 0.452 e. The first kappa shape index (κ1) is 23.3. The van der Waals surface area contributed by atoms with E-state index in [0.29, 0.717) is 5.56 Å². The van der Waals surface area contributed by atoms with Gasteiger partial charge in [0.1, 0.15) is 0 Å². The van der Waals surface area contributed by atoms with Crippen LogP contribution in [0.5, 0.6) is 0 Å². The molecule has 0 fully saturated rings. The van der Waals surface area contributed by atoms with Gasteiger partial charge in [-0.2, -0.15) is 0 Å². The van der Waals surface area contributed by atoms with Gasteiger partial charge < -0.3 is 10.1 Å². The highest BCUT2D eigenvalue weighted by molar-refractivity contribution is 7.89. The number of rotatable bonds is 8. The van der Waals surface area contributed by atoms with Crippen LogP contribution in [-0.2, 0) is 26.1 Å². The standard InChI is InChI=1S/C18H18ClN3O7S/c1-21(2)30(27,28)16-6-4-3-5-12(16)10-20-17(23)11-29-18(24)14-9-13(22(25)26)7-8-15(14)19/h3-9H,10-11H2,1-2H3,(H,20,23). The number of hydrogen-bond acceptors (Lipinski definition) is 7. The maximum atomic E-state index is 12.4. The van der Waals surface area contributed by atoms with Gasteiger partial charge in [0.05, 0.1) is 20.4 Å². The number of benzene rings is 2. The molecule has 1 N–H and O–H groups in total. The number of carbonyl (C=O) groups is 2. The molecule has 0 heterocycles. The zero-order valence-corrected chi connectivity index (χ0v) is 17.6. The van der Waals surface area contributed by atoms with E-state index in [1.165, 1.54) is 26.2 Å². The van der Waals surface area contributed by atoms with Gasteiger partial charge in [0.15, 0.2) is 6.61 Å². The average Bonchev–Trinajstić information content (AvgIpc) is 2.70. The van der Waals surface area contributed by atoms with Crippen LogP contribution in [0.4, 0.5) is 5.69 Å². The molecule has 0 saturated carbocycles. The first-order valence-corrected chi connectivity index (χ1v) is 10.2. The molecule has 0 aliphatic carbocycles. The predicted octanol–water partition coefficient (Wildman–Crippen LogP) is 1.97. The van der Waals surface area contributed by atoms with Gasteiger partial charge in [0, 0.05) is 32.8 Å². The predicted molar refractivity (Wildman–Crippen MR) is 108 cm³/mol. The fraction of sp³-hybridized carbons (Fsp3) is 0.222. The SMILES string of the molecule is CN(C)S(=O)(=O)c1ccccc1CNC(=O)COC(=O)c1cc([N+](=O)[O-])ccc1Cl. The fourth-order valence-electron chi connectivity index (χ4n) is 2.34. The Kier molecular flexibility index (Phi) is 7.48. The summed E-state index contributed by atoms with van der Waals surface area (Å²) in [5.41, 5.74) is -0.247. The topological polar surface area (TPSA) is 136 Å². The van der Waals surface area contributed by atoms with Gasteiger partial charge in [0.2, 0.25) is 10.0 Å². The van der Waals surface area contributed by atoms with Crippen molar-refractivity contribution in [3.8, 4) is 0 Å². The number of halogens is 1. The van der Waals surface area contributed by atoms with Gasteiger partial charge in [-0.25, -0.2) is 17.5 Å². The monoisotopic (exact) mass is 455 g/mol. The van der Waals surface area contributed by atoms with E-state index in [4.69, 9.17) is 16.3 Å². The summed E-state index contributed by atoms with van der Waals surface area (Å²) in [6.45, 7) is -0.794. The number of nitro groups is 1. The van der Waals surface area contributed by atoms with E-state index in [9.17, 15) is 28.1 Å². The summed E-state index contributed by atoms with van der Waals surface area (Å²) in [5, 5.41) is 13.2. The zero-order valence-electron chi connectivity index (χ0n) is 16.0. The van der Waals surface area contributed by atoms with Gasteiger partial charge in [0.25, 0.3) is 11.6 Å². The lowest BCUT2D eigenvalue weighted by molar-refractivity contribution is -0.384. The molecule has 1 amide bonds. The van der Waals surface area contributed by atoms with Crippen LogP contribution in [0.15, 0.2) is 47.4 Å². The number of carbonyl (C=O) groups excluding carboxylic acids is 2. The van der Waals surface area contributed by atoms with Crippen LogP contribution in [0, 0.1) is 10.1 Å². The molecule has 0 saturated heterocycles. The molecule has 0 atom stereocenters. The molecule has 2 aromatic carbocycles. The van der Waals surface area contributed by atoms with Gasteiger partial charge in [-0.1, -0.05) is 29.8 Å². The maximum Gasteiger partial charge on any atom is 0.340 e. The molecule has 2 rings (SSSR count). The Labute approximate surface area is 177 Å². The first-order valence-electron chi connectivity index (χ1n) is 8.42. The number of nitrogens with one attached hydrogen (secondary N) is 1. The summed E-state index contributed by atoms with van der Waals surface area (Å²) in [7, 11) is -0.922. The number of esters is 1. The summed E-state index contributed by atoms with van der Waals surface area (Å²) < 4.78 is 30.6. The number of sulfonamides is 1. The number of nitro benzene ring substituents is 1. The Morgan fingerprint density at radius 3 is 2.50 bits per heavy atom. The third kappa shape index (κ3) is 5.53. The molecule has 0 aliphatic heterocycles. The number of hydrogen-bond donors (Lipinski definition) is 1. The molecule has 0 spiro atoms. The Balaban J connectivity index is 2.01. The van der Waals surface area contributed by atoms with E-state index in [1.807, 2.05) is 0 Å². The van der Waals surface area contributed by atoms with Crippen molar-refractivity contribution in [2.75, 3.05) is 20.7 Å². The Bertz CT molecular complexity index is 1090. The number of ether oxygens (including phenoxy) is 1. The maximum absolute atomic E-state index is 12.4. The molecule has 0 bridgehead atoms. The van der Waals surface area contributed by atoms with Crippen molar-refractivity contribution >= 4 is 39.2 Å². The molecule has 0 aliphatic rings. The summed E-state index contributed by atoms with van der Waals surface area (Å²) in [6, 6.07) is 9.41. The second-order valence-electron chi connectivity index (χ2n) is 6.17. The van der Waals surface area contributed by atoms with E-state index >= 15 is 0 Å². The van der Waals surface area contributed by atoms with Crippen LogP contribution in [0.3, 0.4) is 0 Å². The van der Waals surface area contributed by atoms with Crippen molar-refractivity contribution < 1.29 is 27.7 Å². The summed E-state index contributed by atoms with van der Waals surface area (Å²) in [6.07, 6.45) is 0. The highest BCUT2D eigenvalue weighted by Gasteiger charge is 2.21.